The van der Waals surface area contributed by atoms with Gasteiger partial charge in [0.2, 0.25) is 5.28 Å². The number of nitrogens with zero attached hydrogens (tertiary/aromatic N) is 2. The van der Waals surface area contributed by atoms with Gasteiger partial charge in [0.25, 0.3) is 0 Å². The summed E-state index contributed by atoms with van der Waals surface area (Å²) in [6.45, 7) is 2.14. The molecule has 10 heavy (non-hydrogen) atoms. The van der Waals surface area contributed by atoms with E-state index >= 15 is 0 Å². The minimum absolute atomic E-state index is 0.311. The first-order valence-corrected chi connectivity index (χ1v) is 3.77. The van der Waals surface area contributed by atoms with Crippen molar-refractivity contribution < 1.29 is 0 Å². The van der Waals surface area contributed by atoms with Gasteiger partial charge in [-0.15, -0.1) is 5.10 Å². The molecule has 0 aromatic carbocycles. The number of nitrogens with one attached hydrogen (secondary N) is 1. The van der Waals surface area contributed by atoms with Crippen LogP contribution in [0.5, 0.6) is 0 Å². The molecule has 3 nitrogen and oxygen atoms in total. The van der Waals surface area contributed by atoms with Crippen LogP contribution in [0.2, 0.25) is 5.28 Å². The van der Waals surface area contributed by atoms with Gasteiger partial charge in [-0.1, -0.05) is 13.3 Å². The highest BCUT2D eigenvalue weighted by atomic mass is 35.5. The van der Waals surface area contributed by atoms with Crippen molar-refractivity contribution in [3.05, 3.63) is 11.1 Å². The number of aromatic amines is 1. The third-order valence-electron chi connectivity index (χ3n) is 1.27. The van der Waals surface area contributed by atoms with Crippen molar-refractivity contribution in [2.24, 2.45) is 0 Å². The molecule has 56 valence electrons. The van der Waals surface area contributed by atoms with E-state index in [1.165, 1.54) is 0 Å². The van der Waals surface area contributed by atoms with E-state index in [2.05, 4.69) is 22.1 Å². The molecule has 0 amide bonds. The molecule has 0 bridgehead atoms. The molecule has 4 heteroatoms. The van der Waals surface area contributed by atoms with Gasteiger partial charge in [-0.05, 0) is 18.0 Å². The van der Waals surface area contributed by atoms with Gasteiger partial charge in [-0.2, -0.15) is 0 Å². The van der Waals surface area contributed by atoms with Crippen LogP contribution in [-0.4, -0.2) is 15.2 Å². The van der Waals surface area contributed by atoms with Crippen LogP contribution in [0.4, 0.5) is 0 Å². The van der Waals surface area contributed by atoms with Crippen LogP contribution in [0.1, 0.15) is 25.6 Å². The van der Waals surface area contributed by atoms with Gasteiger partial charge in [-0.25, -0.2) is 4.98 Å². The molecular formula is C6H10ClN3. The Morgan fingerprint density at radius 1 is 1.60 bits per heavy atom. The summed E-state index contributed by atoms with van der Waals surface area (Å²) in [6, 6.07) is 0. The van der Waals surface area contributed by atoms with Gasteiger partial charge in [0.1, 0.15) is 5.82 Å². The zero-order chi connectivity index (χ0) is 7.40. The van der Waals surface area contributed by atoms with Crippen molar-refractivity contribution in [1.82, 2.24) is 15.2 Å². The van der Waals surface area contributed by atoms with Crippen molar-refractivity contribution in [2.45, 2.75) is 26.2 Å². The van der Waals surface area contributed by atoms with Crippen LogP contribution in [0.15, 0.2) is 0 Å². The average Bonchev–Trinajstić information content (AvgIpc) is 2.31. The Hall–Kier alpha value is -0.570. The molecule has 0 saturated heterocycles. The number of aryl methyl sites for hydroxylation is 1. The lowest BCUT2D eigenvalue weighted by molar-refractivity contribution is 0.756. The normalized spacial score (nSPS) is 10.2. The molecule has 0 fully saturated rings. The molecule has 0 spiro atoms. The molecule has 0 atom stereocenters. The Bertz CT molecular complexity index is 197. The van der Waals surface area contributed by atoms with Crippen LogP contribution in [0, 0.1) is 0 Å². The standard InChI is InChI=1S/C6H10ClN3/c1-2-3-4-5-8-6(7)10-9-5/h2-4H2,1H3,(H,8,9,10). The van der Waals surface area contributed by atoms with Crippen LogP contribution >= 0.6 is 11.6 Å². The predicted molar refractivity (Wildman–Crippen MR) is 40.0 cm³/mol. The number of aromatic nitrogens is 3. The van der Waals surface area contributed by atoms with Gasteiger partial charge < -0.3 is 0 Å². The first kappa shape index (κ1) is 7.54. The summed E-state index contributed by atoms with van der Waals surface area (Å²) in [6.07, 6.45) is 3.24. The summed E-state index contributed by atoms with van der Waals surface area (Å²) >= 11 is 5.49. The molecular weight excluding hydrogens is 150 g/mol. The second-order valence-corrected chi connectivity index (χ2v) is 2.49. The molecule has 1 heterocycles. The van der Waals surface area contributed by atoms with Crippen LogP contribution < -0.4 is 0 Å². The van der Waals surface area contributed by atoms with E-state index in [1.54, 1.807) is 0 Å². The first-order chi connectivity index (χ1) is 4.83. The number of unbranched alkanes of at least 4 members (excludes halogenated alkanes) is 1. The Morgan fingerprint density at radius 2 is 2.40 bits per heavy atom. The monoisotopic (exact) mass is 159 g/mol. The largest absolute Gasteiger partial charge is 0.262 e. The predicted octanol–water partition coefficient (Wildman–Crippen LogP) is 1.80. The topological polar surface area (TPSA) is 41.6 Å². The van der Waals surface area contributed by atoms with Crippen LogP contribution in [0.3, 0.4) is 0 Å². The fourth-order valence-corrected chi connectivity index (χ4v) is 0.872. The number of halogens is 1. The summed E-state index contributed by atoms with van der Waals surface area (Å²) in [4.78, 5) is 3.95. The van der Waals surface area contributed by atoms with Crippen molar-refractivity contribution in [3.63, 3.8) is 0 Å². The van der Waals surface area contributed by atoms with E-state index in [1.807, 2.05) is 0 Å². The highest BCUT2D eigenvalue weighted by Gasteiger charge is 1.97. The van der Waals surface area contributed by atoms with Crippen LogP contribution in [0.25, 0.3) is 0 Å². The number of rotatable bonds is 3. The summed E-state index contributed by atoms with van der Waals surface area (Å²) in [7, 11) is 0. The second kappa shape index (κ2) is 3.56. The lowest BCUT2D eigenvalue weighted by atomic mass is 10.2. The maximum atomic E-state index is 5.49. The highest BCUT2D eigenvalue weighted by molar-refractivity contribution is 6.28. The fraction of sp³-hybridized carbons (Fsp3) is 0.667. The Labute approximate surface area is 64.8 Å². The van der Waals surface area contributed by atoms with Gasteiger partial charge in [0.05, 0.1) is 0 Å². The van der Waals surface area contributed by atoms with Gasteiger partial charge in [0.15, 0.2) is 0 Å². The maximum absolute atomic E-state index is 5.49. The fourth-order valence-electron chi connectivity index (χ4n) is 0.728. The van der Waals surface area contributed by atoms with Gasteiger partial charge >= 0.3 is 0 Å². The molecule has 1 rings (SSSR count). The van der Waals surface area contributed by atoms with Crippen molar-refractivity contribution in [3.8, 4) is 0 Å². The van der Waals surface area contributed by atoms with Gasteiger partial charge in [0, 0.05) is 6.42 Å². The molecule has 0 saturated carbocycles. The third kappa shape index (κ3) is 1.99. The highest BCUT2D eigenvalue weighted by Crippen LogP contribution is 2.02. The Balaban J connectivity index is 2.42. The Kier molecular flexibility index (Phi) is 2.68. The summed E-state index contributed by atoms with van der Waals surface area (Å²) < 4.78 is 0. The molecule has 1 aromatic rings. The minimum Gasteiger partial charge on any atom is -0.262 e. The first-order valence-electron chi connectivity index (χ1n) is 3.39. The summed E-state index contributed by atoms with van der Waals surface area (Å²) in [5.74, 6) is 0.881. The zero-order valence-corrected chi connectivity index (χ0v) is 6.65. The van der Waals surface area contributed by atoms with Crippen molar-refractivity contribution in [1.29, 1.82) is 0 Å². The van der Waals surface area contributed by atoms with E-state index in [9.17, 15) is 0 Å². The number of hydrogen-bond acceptors (Lipinski definition) is 2. The van der Waals surface area contributed by atoms with Gasteiger partial charge in [-0.3, -0.25) is 5.10 Å². The second-order valence-electron chi connectivity index (χ2n) is 2.15. The molecule has 0 aliphatic carbocycles. The van der Waals surface area contributed by atoms with E-state index in [4.69, 9.17) is 11.6 Å². The van der Waals surface area contributed by atoms with E-state index in [-0.39, 0.29) is 0 Å². The molecule has 1 aromatic heterocycles. The zero-order valence-electron chi connectivity index (χ0n) is 5.89. The molecule has 0 unspecified atom stereocenters. The lowest BCUT2D eigenvalue weighted by Gasteiger charge is -1.89. The minimum atomic E-state index is 0.311. The number of hydrogen-bond donors (Lipinski definition) is 1. The Morgan fingerprint density at radius 3 is 2.90 bits per heavy atom. The number of H-pyrrole nitrogens is 1. The summed E-state index contributed by atoms with van der Waals surface area (Å²) in [5, 5.41) is 6.76. The lowest BCUT2D eigenvalue weighted by Crippen LogP contribution is -1.86. The molecule has 0 radical (unpaired) electrons. The third-order valence-corrected chi connectivity index (χ3v) is 1.44. The average molecular weight is 160 g/mol. The van der Waals surface area contributed by atoms with E-state index in [0.29, 0.717) is 5.28 Å². The molecule has 0 aliphatic rings. The van der Waals surface area contributed by atoms with Crippen molar-refractivity contribution in [2.75, 3.05) is 0 Å². The molecule has 1 N–H and O–H groups in total. The van der Waals surface area contributed by atoms with E-state index in [0.717, 1.165) is 25.1 Å². The quantitative estimate of drug-likeness (QED) is 0.731. The van der Waals surface area contributed by atoms with Crippen molar-refractivity contribution >= 4 is 11.6 Å². The van der Waals surface area contributed by atoms with E-state index < -0.39 is 0 Å². The molecule has 0 aliphatic heterocycles. The summed E-state index contributed by atoms with van der Waals surface area (Å²) in [5.41, 5.74) is 0. The smallest absolute Gasteiger partial charge is 0.242 e. The maximum Gasteiger partial charge on any atom is 0.242 e. The SMILES string of the molecule is CCCCc1nc(Cl)n[nH]1. The van der Waals surface area contributed by atoms with Crippen LogP contribution in [-0.2, 0) is 6.42 Å².